The van der Waals surface area contributed by atoms with E-state index < -0.39 is 0 Å². The molecule has 0 aliphatic heterocycles. The number of nitrogens with two attached hydrogens (primary N) is 1. The van der Waals surface area contributed by atoms with Crippen molar-refractivity contribution in [3.8, 4) is 17.6 Å². The molecule has 110 valence electrons. The Morgan fingerprint density at radius 1 is 1.38 bits per heavy atom. The number of thiazole rings is 1. The topological polar surface area (TPSA) is 51.4 Å². The van der Waals surface area contributed by atoms with Crippen LogP contribution in [0.4, 0.5) is 0 Å². The van der Waals surface area contributed by atoms with Gasteiger partial charge >= 0.3 is 0 Å². The fraction of sp³-hybridized carbons (Fsp3) is 0.312. The molecule has 0 unspecified atom stereocenters. The molecule has 1 heterocycles. The lowest BCUT2D eigenvalue weighted by Crippen LogP contribution is -2.18. The molecule has 1 aromatic heterocycles. The molecule has 2 rings (SSSR count). The van der Waals surface area contributed by atoms with Crippen molar-refractivity contribution in [3.63, 3.8) is 0 Å². The Morgan fingerprint density at radius 3 is 2.90 bits per heavy atom. The average Bonchev–Trinajstić information content (AvgIpc) is 2.98. The number of aromatic nitrogens is 1. The standard InChI is InChI=1S/C16H19N3OS/c1-19(10-15-11-21-12-18-15)9-14-8-13(4-3-7-17)5-6-16(14)20-2/h5-6,8,11-12H,7,9-10,17H2,1-2H3. The molecule has 0 aliphatic rings. The number of hydrogen-bond donors (Lipinski definition) is 1. The summed E-state index contributed by atoms with van der Waals surface area (Å²) in [6.07, 6.45) is 0. The fourth-order valence-electron chi connectivity index (χ4n) is 2.07. The zero-order valence-electron chi connectivity index (χ0n) is 12.3. The number of nitrogens with zero attached hydrogens (tertiary/aromatic N) is 2. The molecular formula is C16H19N3OS. The first-order chi connectivity index (χ1) is 10.2. The van der Waals surface area contributed by atoms with Crippen LogP contribution in [0.15, 0.2) is 29.1 Å². The first-order valence-electron chi connectivity index (χ1n) is 6.64. The third kappa shape index (κ3) is 4.57. The number of rotatable bonds is 5. The first-order valence-corrected chi connectivity index (χ1v) is 7.58. The minimum absolute atomic E-state index is 0.366. The largest absolute Gasteiger partial charge is 0.496 e. The zero-order chi connectivity index (χ0) is 15.1. The van der Waals surface area contributed by atoms with Crippen LogP contribution in [-0.4, -0.2) is 30.6 Å². The van der Waals surface area contributed by atoms with E-state index in [1.165, 1.54) is 0 Å². The Bertz CT molecular complexity index is 629. The Hall–Kier alpha value is -1.87. The van der Waals surface area contributed by atoms with Gasteiger partial charge in [-0.1, -0.05) is 11.8 Å². The molecule has 0 saturated carbocycles. The molecular weight excluding hydrogens is 282 g/mol. The average molecular weight is 301 g/mol. The third-order valence-electron chi connectivity index (χ3n) is 2.97. The molecule has 0 saturated heterocycles. The summed E-state index contributed by atoms with van der Waals surface area (Å²) in [6.45, 7) is 1.95. The van der Waals surface area contributed by atoms with Gasteiger partial charge in [-0.3, -0.25) is 4.90 Å². The van der Waals surface area contributed by atoms with E-state index in [2.05, 4.69) is 40.2 Å². The highest BCUT2D eigenvalue weighted by molar-refractivity contribution is 7.07. The minimum atomic E-state index is 0.366. The second-order valence-corrected chi connectivity index (χ2v) is 5.40. The van der Waals surface area contributed by atoms with Gasteiger partial charge in [0.1, 0.15) is 5.75 Å². The highest BCUT2D eigenvalue weighted by Crippen LogP contribution is 2.21. The van der Waals surface area contributed by atoms with Crippen LogP contribution < -0.4 is 10.5 Å². The predicted molar refractivity (Wildman–Crippen MR) is 86.2 cm³/mol. The zero-order valence-corrected chi connectivity index (χ0v) is 13.1. The molecule has 0 atom stereocenters. The van der Waals surface area contributed by atoms with E-state index in [0.29, 0.717) is 6.54 Å². The molecule has 0 spiro atoms. The summed E-state index contributed by atoms with van der Waals surface area (Å²) < 4.78 is 5.43. The van der Waals surface area contributed by atoms with E-state index in [4.69, 9.17) is 10.5 Å². The second-order valence-electron chi connectivity index (χ2n) is 4.68. The van der Waals surface area contributed by atoms with E-state index in [0.717, 1.165) is 35.7 Å². The molecule has 2 aromatic rings. The monoisotopic (exact) mass is 301 g/mol. The van der Waals surface area contributed by atoms with Gasteiger partial charge in [0.15, 0.2) is 0 Å². The van der Waals surface area contributed by atoms with Gasteiger partial charge in [0.25, 0.3) is 0 Å². The van der Waals surface area contributed by atoms with Crippen LogP contribution >= 0.6 is 11.3 Å². The smallest absolute Gasteiger partial charge is 0.123 e. The lowest BCUT2D eigenvalue weighted by atomic mass is 10.1. The van der Waals surface area contributed by atoms with Crippen LogP contribution in [0.1, 0.15) is 16.8 Å². The quantitative estimate of drug-likeness (QED) is 0.859. The van der Waals surface area contributed by atoms with Gasteiger partial charge in [0.05, 0.1) is 24.9 Å². The van der Waals surface area contributed by atoms with Crippen molar-refractivity contribution in [2.75, 3.05) is 20.7 Å². The molecule has 5 heteroatoms. The SMILES string of the molecule is COc1ccc(C#CCN)cc1CN(C)Cc1cscn1. The van der Waals surface area contributed by atoms with Gasteiger partial charge in [-0.05, 0) is 25.2 Å². The Morgan fingerprint density at radius 2 is 2.24 bits per heavy atom. The fourth-order valence-corrected chi connectivity index (χ4v) is 2.62. The Kier molecular flexibility index (Phi) is 5.76. The van der Waals surface area contributed by atoms with Crippen LogP contribution in [0.25, 0.3) is 0 Å². The van der Waals surface area contributed by atoms with Crippen molar-refractivity contribution in [2.24, 2.45) is 5.73 Å². The minimum Gasteiger partial charge on any atom is -0.496 e. The highest BCUT2D eigenvalue weighted by atomic mass is 32.1. The van der Waals surface area contributed by atoms with Crippen LogP contribution in [-0.2, 0) is 13.1 Å². The van der Waals surface area contributed by atoms with Crippen LogP contribution in [0.2, 0.25) is 0 Å². The summed E-state index contributed by atoms with van der Waals surface area (Å²) in [4.78, 5) is 6.51. The number of ether oxygens (including phenoxy) is 1. The van der Waals surface area contributed by atoms with Crippen molar-refractivity contribution in [1.82, 2.24) is 9.88 Å². The number of methoxy groups -OCH3 is 1. The van der Waals surface area contributed by atoms with Gasteiger partial charge < -0.3 is 10.5 Å². The summed E-state index contributed by atoms with van der Waals surface area (Å²) in [5.41, 5.74) is 10.4. The summed E-state index contributed by atoms with van der Waals surface area (Å²) >= 11 is 1.61. The summed E-state index contributed by atoms with van der Waals surface area (Å²) in [6, 6.07) is 5.96. The number of benzene rings is 1. The Labute approximate surface area is 129 Å². The molecule has 0 fully saturated rings. The van der Waals surface area contributed by atoms with Gasteiger partial charge in [-0.25, -0.2) is 4.98 Å². The van der Waals surface area contributed by atoms with Crippen LogP contribution in [0.3, 0.4) is 0 Å². The molecule has 21 heavy (non-hydrogen) atoms. The van der Waals surface area contributed by atoms with Crippen molar-refractivity contribution in [2.45, 2.75) is 13.1 Å². The van der Waals surface area contributed by atoms with Crippen LogP contribution in [0, 0.1) is 11.8 Å². The van der Waals surface area contributed by atoms with Crippen molar-refractivity contribution < 1.29 is 4.74 Å². The maximum atomic E-state index is 5.43. The van der Waals surface area contributed by atoms with Crippen molar-refractivity contribution in [3.05, 3.63) is 45.9 Å². The van der Waals surface area contributed by atoms with E-state index in [1.54, 1.807) is 18.4 Å². The molecule has 0 bridgehead atoms. The Balaban J connectivity index is 2.12. The van der Waals surface area contributed by atoms with Gasteiger partial charge in [0, 0.05) is 29.6 Å². The normalized spacial score (nSPS) is 10.3. The summed E-state index contributed by atoms with van der Waals surface area (Å²) in [5, 5.41) is 2.07. The van der Waals surface area contributed by atoms with Gasteiger partial charge in [0.2, 0.25) is 0 Å². The van der Waals surface area contributed by atoms with E-state index >= 15 is 0 Å². The maximum Gasteiger partial charge on any atom is 0.123 e. The summed E-state index contributed by atoms with van der Waals surface area (Å²) in [5.74, 6) is 6.80. The summed E-state index contributed by atoms with van der Waals surface area (Å²) in [7, 11) is 3.75. The molecule has 0 amide bonds. The second kappa shape index (κ2) is 7.79. The molecule has 0 aliphatic carbocycles. The molecule has 4 nitrogen and oxygen atoms in total. The van der Waals surface area contributed by atoms with Crippen LogP contribution in [0.5, 0.6) is 5.75 Å². The lowest BCUT2D eigenvalue weighted by molar-refractivity contribution is 0.307. The van der Waals surface area contributed by atoms with Crippen molar-refractivity contribution in [1.29, 1.82) is 0 Å². The number of hydrogen-bond acceptors (Lipinski definition) is 5. The highest BCUT2D eigenvalue weighted by Gasteiger charge is 2.08. The molecule has 2 N–H and O–H groups in total. The molecule has 0 radical (unpaired) electrons. The maximum absolute atomic E-state index is 5.43. The lowest BCUT2D eigenvalue weighted by Gasteiger charge is -2.17. The first kappa shape index (κ1) is 15.5. The van der Waals surface area contributed by atoms with E-state index in [9.17, 15) is 0 Å². The third-order valence-corrected chi connectivity index (χ3v) is 3.61. The van der Waals surface area contributed by atoms with E-state index in [1.807, 2.05) is 17.6 Å². The van der Waals surface area contributed by atoms with Gasteiger partial charge in [-0.15, -0.1) is 11.3 Å². The van der Waals surface area contributed by atoms with Gasteiger partial charge in [-0.2, -0.15) is 0 Å². The molecule has 1 aromatic carbocycles. The predicted octanol–water partition coefficient (Wildman–Crippen LogP) is 2.09. The van der Waals surface area contributed by atoms with E-state index in [-0.39, 0.29) is 0 Å². The van der Waals surface area contributed by atoms with Crippen molar-refractivity contribution >= 4 is 11.3 Å².